The van der Waals surface area contributed by atoms with Crippen LogP contribution in [0.3, 0.4) is 0 Å². The Balaban J connectivity index is 0.00000144. The van der Waals surface area contributed by atoms with Crippen molar-refractivity contribution in [3.8, 4) is 0 Å². The largest absolute Gasteiger partial charge is 0.340 e. The number of likely N-dealkylation sites (tertiary alicyclic amines) is 2. The topological polar surface area (TPSA) is 49.6 Å². The monoisotopic (exact) mass is 297 g/mol. The molecule has 2 aliphatic rings. The highest BCUT2D eigenvalue weighted by Gasteiger charge is 2.31. The van der Waals surface area contributed by atoms with E-state index in [0.29, 0.717) is 6.04 Å². The minimum absolute atomic E-state index is 0. The molecule has 18 heavy (non-hydrogen) atoms. The number of rotatable bonds is 2. The third-order valence-corrected chi connectivity index (χ3v) is 3.77. The van der Waals surface area contributed by atoms with Gasteiger partial charge in [-0.05, 0) is 39.3 Å². The molecule has 2 saturated heterocycles. The van der Waals surface area contributed by atoms with Crippen molar-refractivity contribution < 1.29 is 4.79 Å². The van der Waals surface area contributed by atoms with Crippen LogP contribution in [0.5, 0.6) is 0 Å². The van der Waals surface area contributed by atoms with Crippen LogP contribution in [0, 0.1) is 0 Å². The first-order chi connectivity index (χ1) is 7.68. The van der Waals surface area contributed by atoms with Crippen LogP contribution < -0.4 is 5.73 Å². The summed E-state index contributed by atoms with van der Waals surface area (Å²) in [5.41, 5.74) is 5.63. The number of hydrogen-bond acceptors (Lipinski definition) is 3. The Labute approximate surface area is 122 Å². The lowest BCUT2D eigenvalue weighted by atomic mass is 10.1. The Hall–Kier alpha value is -0.0300. The van der Waals surface area contributed by atoms with Crippen molar-refractivity contribution in [2.75, 3.05) is 26.2 Å². The first-order valence-corrected chi connectivity index (χ1v) is 6.47. The van der Waals surface area contributed by atoms with Crippen molar-refractivity contribution in [2.45, 2.75) is 44.7 Å². The maximum absolute atomic E-state index is 11.8. The van der Waals surface area contributed by atoms with E-state index >= 15 is 0 Å². The molecule has 0 aromatic carbocycles. The number of carbonyl (C=O) groups excluding carboxylic acids is 1. The van der Waals surface area contributed by atoms with Crippen molar-refractivity contribution >= 4 is 30.7 Å². The second-order valence-electron chi connectivity index (χ2n) is 5.11. The SMILES string of the molecule is CC(N)C(=O)N1CCC(N2CCCCC2)C1.Cl.Cl. The molecule has 2 fully saturated rings. The molecule has 0 aromatic rings. The van der Waals surface area contributed by atoms with E-state index in [0.717, 1.165) is 19.5 Å². The lowest BCUT2D eigenvalue weighted by molar-refractivity contribution is -0.131. The molecule has 0 saturated carbocycles. The molecular weight excluding hydrogens is 273 g/mol. The van der Waals surface area contributed by atoms with Crippen LogP contribution in [0.4, 0.5) is 0 Å². The first-order valence-electron chi connectivity index (χ1n) is 6.47. The number of amides is 1. The zero-order valence-electron chi connectivity index (χ0n) is 11.0. The number of nitrogens with zero attached hydrogens (tertiary/aromatic N) is 2. The fraction of sp³-hybridized carbons (Fsp3) is 0.917. The van der Waals surface area contributed by atoms with E-state index in [1.165, 1.54) is 32.4 Å². The maximum Gasteiger partial charge on any atom is 0.239 e. The van der Waals surface area contributed by atoms with E-state index in [1.54, 1.807) is 6.92 Å². The van der Waals surface area contributed by atoms with Crippen molar-refractivity contribution in [1.29, 1.82) is 0 Å². The summed E-state index contributed by atoms with van der Waals surface area (Å²) < 4.78 is 0. The Bertz CT molecular complexity index is 258. The normalized spacial score (nSPS) is 26.1. The summed E-state index contributed by atoms with van der Waals surface area (Å²) in [5, 5.41) is 0. The van der Waals surface area contributed by atoms with Gasteiger partial charge in [0, 0.05) is 19.1 Å². The van der Waals surface area contributed by atoms with Crippen LogP contribution in [0.1, 0.15) is 32.6 Å². The van der Waals surface area contributed by atoms with Crippen LogP contribution in [0.25, 0.3) is 0 Å². The number of hydrogen-bond donors (Lipinski definition) is 1. The van der Waals surface area contributed by atoms with Gasteiger partial charge in [0.25, 0.3) is 0 Å². The quantitative estimate of drug-likeness (QED) is 0.835. The second-order valence-corrected chi connectivity index (χ2v) is 5.11. The lowest BCUT2D eigenvalue weighted by Crippen LogP contribution is -2.44. The fourth-order valence-corrected chi connectivity index (χ4v) is 2.81. The number of carbonyl (C=O) groups is 1. The molecule has 2 heterocycles. The van der Waals surface area contributed by atoms with Gasteiger partial charge in [0.2, 0.25) is 5.91 Å². The molecule has 108 valence electrons. The van der Waals surface area contributed by atoms with Crippen LogP contribution in [-0.4, -0.2) is 54.0 Å². The highest BCUT2D eigenvalue weighted by Crippen LogP contribution is 2.20. The first kappa shape index (κ1) is 18.0. The van der Waals surface area contributed by atoms with Crippen LogP contribution >= 0.6 is 24.8 Å². The molecular formula is C12H25Cl2N3O. The highest BCUT2D eigenvalue weighted by molar-refractivity contribution is 5.85. The number of nitrogens with two attached hydrogens (primary N) is 1. The summed E-state index contributed by atoms with van der Waals surface area (Å²) in [6.07, 6.45) is 5.12. The maximum atomic E-state index is 11.8. The van der Waals surface area contributed by atoms with Gasteiger partial charge < -0.3 is 10.6 Å². The Morgan fingerprint density at radius 3 is 2.33 bits per heavy atom. The standard InChI is InChI=1S/C12H23N3O.2ClH/c1-10(13)12(16)15-8-5-11(9-15)14-6-3-2-4-7-14;;/h10-11H,2-9,13H2,1H3;2*1H. The molecule has 0 radical (unpaired) electrons. The van der Waals surface area contributed by atoms with E-state index in [9.17, 15) is 4.79 Å². The Morgan fingerprint density at radius 2 is 1.78 bits per heavy atom. The van der Waals surface area contributed by atoms with E-state index in [-0.39, 0.29) is 36.8 Å². The van der Waals surface area contributed by atoms with Crippen molar-refractivity contribution in [1.82, 2.24) is 9.80 Å². The fourth-order valence-electron chi connectivity index (χ4n) is 2.81. The van der Waals surface area contributed by atoms with Crippen molar-refractivity contribution in [3.63, 3.8) is 0 Å². The zero-order valence-corrected chi connectivity index (χ0v) is 12.6. The van der Waals surface area contributed by atoms with Gasteiger partial charge in [0.15, 0.2) is 0 Å². The average molecular weight is 298 g/mol. The summed E-state index contributed by atoms with van der Waals surface area (Å²) in [6.45, 7) is 5.98. The van der Waals surface area contributed by atoms with Gasteiger partial charge >= 0.3 is 0 Å². The third-order valence-electron chi connectivity index (χ3n) is 3.77. The summed E-state index contributed by atoms with van der Waals surface area (Å²) in [7, 11) is 0. The molecule has 0 bridgehead atoms. The van der Waals surface area contributed by atoms with Gasteiger partial charge in [-0.2, -0.15) is 0 Å². The van der Waals surface area contributed by atoms with Crippen LogP contribution in [0.15, 0.2) is 0 Å². The van der Waals surface area contributed by atoms with Crippen molar-refractivity contribution in [3.05, 3.63) is 0 Å². The van der Waals surface area contributed by atoms with Gasteiger partial charge in [-0.3, -0.25) is 9.69 Å². The summed E-state index contributed by atoms with van der Waals surface area (Å²) in [6, 6.07) is 0.239. The molecule has 2 atom stereocenters. The van der Waals surface area contributed by atoms with Gasteiger partial charge in [-0.15, -0.1) is 24.8 Å². The summed E-state index contributed by atoms with van der Waals surface area (Å²) in [5.74, 6) is 0.111. The molecule has 0 aromatic heterocycles. The predicted octanol–water partition coefficient (Wildman–Crippen LogP) is 1.26. The molecule has 2 unspecified atom stereocenters. The molecule has 0 aliphatic carbocycles. The Morgan fingerprint density at radius 1 is 1.17 bits per heavy atom. The average Bonchev–Trinajstić information content (AvgIpc) is 2.78. The number of piperidine rings is 1. The summed E-state index contributed by atoms with van der Waals surface area (Å²) in [4.78, 5) is 16.2. The molecule has 2 rings (SSSR count). The lowest BCUT2D eigenvalue weighted by Gasteiger charge is -2.32. The third kappa shape index (κ3) is 4.26. The van der Waals surface area contributed by atoms with Crippen molar-refractivity contribution in [2.24, 2.45) is 5.73 Å². The Kier molecular flexibility index (Phi) is 8.19. The molecule has 1 amide bonds. The molecule has 4 nitrogen and oxygen atoms in total. The van der Waals surface area contributed by atoms with Gasteiger partial charge in [-0.25, -0.2) is 0 Å². The molecule has 0 spiro atoms. The van der Waals surface area contributed by atoms with Gasteiger partial charge in [-0.1, -0.05) is 6.42 Å². The number of halogens is 2. The van der Waals surface area contributed by atoms with Crippen LogP contribution in [-0.2, 0) is 4.79 Å². The molecule has 2 aliphatic heterocycles. The van der Waals surface area contributed by atoms with E-state index < -0.39 is 0 Å². The van der Waals surface area contributed by atoms with E-state index in [4.69, 9.17) is 5.73 Å². The molecule has 2 N–H and O–H groups in total. The predicted molar refractivity (Wildman–Crippen MR) is 78.6 cm³/mol. The smallest absolute Gasteiger partial charge is 0.239 e. The second kappa shape index (κ2) is 8.20. The van der Waals surface area contributed by atoms with E-state index in [1.807, 2.05) is 4.90 Å². The van der Waals surface area contributed by atoms with E-state index in [2.05, 4.69) is 4.90 Å². The van der Waals surface area contributed by atoms with Gasteiger partial charge in [0.1, 0.15) is 0 Å². The minimum Gasteiger partial charge on any atom is -0.340 e. The van der Waals surface area contributed by atoms with Crippen LogP contribution in [0.2, 0.25) is 0 Å². The zero-order chi connectivity index (χ0) is 11.5. The summed E-state index contributed by atoms with van der Waals surface area (Å²) >= 11 is 0. The van der Waals surface area contributed by atoms with Gasteiger partial charge in [0.05, 0.1) is 6.04 Å². The minimum atomic E-state index is -0.347. The highest BCUT2D eigenvalue weighted by atomic mass is 35.5. The molecule has 6 heteroatoms.